The molecule has 0 unspecified atom stereocenters. The number of amides is 1. The number of thioether (sulfide) groups is 1. The molecule has 4 N–H and O–H groups in total. The highest BCUT2D eigenvalue weighted by Gasteiger charge is 2.23. The van der Waals surface area contributed by atoms with Gasteiger partial charge in [-0.05, 0) is 53.4 Å². The van der Waals surface area contributed by atoms with Gasteiger partial charge in [0.1, 0.15) is 0 Å². The van der Waals surface area contributed by atoms with Crippen LogP contribution in [0.25, 0.3) is 0 Å². The van der Waals surface area contributed by atoms with E-state index in [0.29, 0.717) is 5.75 Å². The van der Waals surface area contributed by atoms with Gasteiger partial charge in [0.05, 0.1) is 19.0 Å². The van der Waals surface area contributed by atoms with Gasteiger partial charge in [-0.1, -0.05) is 41.9 Å². The Morgan fingerprint density at radius 3 is 2.13 bits per heavy atom. The van der Waals surface area contributed by atoms with E-state index in [-0.39, 0.29) is 18.7 Å². The van der Waals surface area contributed by atoms with Crippen molar-refractivity contribution >= 4 is 29.4 Å². The lowest BCUT2D eigenvalue weighted by Crippen LogP contribution is -2.47. The van der Waals surface area contributed by atoms with Crippen LogP contribution in [0.15, 0.2) is 34.9 Å². The average Bonchev–Trinajstić information content (AvgIpc) is 2.68. The van der Waals surface area contributed by atoms with Gasteiger partial charge in [-0.3, -0.25) is 14.4 Å². The molecule has 0 aromatic heterocycles. The number of Topliss-reactive ketones (excluding diaryl/α,β-unsaturated/α-hetero) is 1. The number of nitrogens with one attached hydrogen (secondary N) is 1. The second kappa shape index (κ2) is 16.8. The minimum absolute atomic E-state index is 0.160. The number of nitrogens with two attached hydrogens (primary N) is 1. The van der Waals surface area contributed by atoms with Crippen LogP contribution in [-0.4, -0.2) is 46.9 Å². The van der Waals surface area contributed by atoms with E-state index in [1.54, 1.807) is 11.8 Å². The molecule has 0 bridgehead atoms. The van der Waals surface area contributed by atoms with E-state index in [9.17, 15) is 14.4 Å². The predicted octanol–water partition coefficient (Wildman–Crippen LogP) is 4.26. The van der Waals surface area contributed by atoms with Crippen LogP contribution < -0.4 is 11.1 Å². The highest BCUT2D eigenvalue weighted by molar-refractivity contribution is 7.99. The van der Waals surface area contributed by atoms with Crippen LogP contribution in [0.5, 0.6) is 0 Å². The van der Waals surface area contributed by atoms with Crippen molar-refractivity contribution in [1.29, 1.82) is 0 Å². The topological polar surface area (TPSA) is 109 Å². The second-order valence-electron chi connectivity index (χ2n) is 8.23. The standard InChI is InChI=1S/C24H40N2O4S/c1-17(2)8-6-9-18(3)10-7-11-19(4)12-13-31-16-21(22(27)15-25)26-24(30)20(5)14-23(28)29/h8,10,12,20-21H,6-7,9,11,13-16,25H2,1-5H3,(H,26,30)(H,28,29)/b18-10+,19-12+/t20-,21-/m0/s1. The summed E-state index contributed by atoms with van der Waals surface area (Å²) in [5.74, 6) is -1.28. The number of carbonyl (C=O) groups excluding carboxylic acids is 2. The molecule has 0 saturated carbocycles. The highest BCUT2D eigenvalue weighted by Crippen LogP contribution is 2.13. The van der Waals surface area contributed by atoms with E-state index < -0.39 is 23.8 Å². The van der Waals surface area contributed by atoms with Crippen molar-refractivity contribution in [1.82, 2.24) is 5.32 Å². The van der Waals surface area contributed by atoms with Gasteiger partial charge in [-0.15, -0.1) is 0 Å². The second-order valence-corrected chi connectivity index (χ2v) is 9.30. The van der Waals surface area contributed by atoms with Crippen molar-refractivity contribution in [2.45, 2.75) is 72.8 Å². The minimum Gasteiger partial charge on any atom is -0.481 e. The molecule has 0 heterocycles. The maximum Gasteiger partial charge on any atom is 0.304 e. The Kier molecular flexibility index (Phi) is 15.8. The smallest absolute Gasteiger partial charge is 0.304 e. The molecule has 0 aliphatic carbocycles. The number of carboxylic acids is 1. The van der Waals surface area contributed by atoms with E-state index in [1.807, 2.05) is 0 Å². The fraction of sp³-hybridized carbons (Fsp3) is 0.625. The van der Waals surface area contributed by atoms with Crippen LogP contribution in [0.1, 0.15) is 66.7 Å². The summed E-state index contributed by atoms with van der Waals surface area (Å²) in [6.45, 7) is 9.89. The van der Waals surface area contributed by atoms with Gasteiger partial charge in [0, 0.05) is 17.4 Å². The third-order valence-electron chi connectivity index (χ3n) is 4.79. The van der Waals surface area contributed by atoms with E-state index in [0.717, 1.165) is 31.4 Å². The van der Waals surface area contributed by atoms with Crippen LogP contribution >= 0.6 is 11.8 Å². The third kappa shape index (κ3) is 15.6. The molecule has 0 aliphatic heterocycles. The largest absolute Gasteiger partial charge is 0.481 e. The molecule has 0 rings (SSSR count). The summed E-state index contributed by atoms with van der Waals surface area (Å²) in [7, 11) is 0. The van der Waals surface area contributed by atoms with Gasteiger partial charge < -0.3 is 16.2 Å². The number of hydrogen-bond donors (Lipinski definition) is 3. The van der Waals surface area contributed by atoms with E-state index in [2.05, 4.69) is 51.2 Å². The molecule has 31 heavy (non-hydrogen) atoms. The average molecular weight is 453 g/mol. The first-order chi connectivity index (χ1) is 14.6. The summed E-state index contributed by atoms with van der Waals surface area (Å²) >= 11 is 1.55. The summed E-state index contributed by atoms with van der Waals surface area (Å²) in [5.41, 5.74) is 9.52. The van der Waals surface area contributed by atoms with Crippen molar-refractivity contribution in [2.75, 3.05) is 18.1 Å². The lowest BCUT2D eigenvalue weighted by molar-refractivity contribution is -0.141. The molecule has 7 heteroatoms. The van der Waals surface area contributed by atoms with Crippen LogP contribution in [0.3, 0.4) is 0 Å². The first kappa shape index (κ1) is 29.1. The molecule has 1 amide bonds. The zero-order chi connectivity index (χ0) is 23.8. The Bertz CT molecular complexity index is 679. The number of rotatable bonds is 16. The Hall–Kier alpha value is -1.86. The van der Waals surface area contributed by atoms with E-state index in [1.165, 1.54) is 23.6 Å². The molecule has 0 aliphatic rings. The molecule has 0 aromatic carbocycles. The molecule has 6 nitrogen and oxygen atoms in total. The van der Waals surface area contributed by atoms with Gasteiger partial charge in [0.25, 0.3) is 0 Å². The SMILES string of the molecule is CC(C)=CCC/C(C)=C/CC/C(C)=C/CSC[C@H](NC(=O)[C@@H](C)CC(=O)O)C(=O)CN. The van der Waals surface area contributed by atoms with Crippen LogP contribution in [0, 0.1) is 5.92 Å². The molecular formula is C24H40N2O4S. The maximum atomic E-state index is 12.1. The normalized spacial score (nSPS) is 14.0. The number of allylic oxidation sites excluding steroid dienone is 5. The molecule has 0 saturated heterocycles. The lowest BCUT2D eigenvalue weighted by Gasteiger charge is -2.18. The predicted molar refractivity (Wildman–Crippen MR) is 130 cm³/mol. The number of ketones is 1. The first-order valence-corrected chi connectivity index (χ1v) is 12.0. The van der Waals surface area contributed by atoms with Crippen molar-refractivity contribution in [3.05, 3.63) is 34.9 Å². The van der Waals surface area contributed by atoms with Gasteiger partial charge in [0.2, 0.25) is 5.91 Å². The zero-order valence-corrected chi connectivity index (χ0v) is 20.5. The zero-order valence-electron chi connectivity index (χ0n) is 19.7. The molecule has 0 aromatic rings. The van der Waals surface area contributed by atoms with Crippen LogP contribution in [0.2, 0.25) is 0 Å². The van der Waals surface area contributed by atoms with E-state index in [4.69, 9.17) is 10.8 Å². The summed E-state index contributed by atoms with van der Waals surface area (Å²) in [6.07, 6.45) is 10.6. The van der Waals surface area contributed by atoms with Crippen molar-refractivity contribution in [3.8, 4) is 0 Å². The Morgan fingerprint density at radius 2 is 1.58 bits per heavy atom. The first-order valence-electron chi connectivity index (χ1n) is 10.8. The summed E-state index contributed by atoms with van der Waals surface area (Å²) < 4.78 is 0. The number of carbonyl (C=O) groups is 3. The number of carboxylic acid groups (broad SMARTS) is 1. The fourth-order valence-electron chi connectivity index (χ4n) is 2.75. The summed E-state index contributed by atoms with van der Waals surface area (Å²) in [5, 5.41) is 11.5. The molecule has 2 atom stereocenters. The molecule has 0 radical (unpaired) electrons. The Labute approximate surface area is 191 Å². The van der Waals surface area contributed by atoms with Crippen LogP contribution in [-0.2, 0) is 14.4 Å². The Balaban J connectivity index is 4.43. The monoisotopic (exact) mass is 452 g/mol. The van der Waals surface area contributed by atoms with Crippen molar-refractivity contribution < 1.29 is 19.5 Å². The van der Waals surface area contributed by atoms with E-state index >= 15 is 0 Å². The highest BCUT2D eigenvalue weighted by atomic mass is 32.2. The lowest BCUT2D eigenvalue weighted by atomic mass is 10.1. The molecule has 0 spiro atoms. The maximum absolute atomic E-state index is 12.1. The third-order valence-corrected chi connectivity index (χ3v) is 5.76. The van der Waals surface area contributed by atoms with Crippen LogP contribution in [0.4, 0.5) is 0 Å². The van der Waals surface area contributed by atoms with Crippen molar-refractivity contribution in [2.24, 2.45) is 11.7 Å². The van der Waals surface area contributed by atoms with Gasteiger partial charge in [0.15, 0.2) is 5.78 Å². The quantitative estimate of drug-likeness (QED) is 0.238. The number of hydrogen-bond acceptors (Lipinski definition) is 5. The van der Waals surface area contributed by atoms with Gasteiger partial charge >= 0.3 is 5.97 Å². The fourth-order valence-corrected chi connectivity index (χ4v) is 3.80. The summed E-state index contributed by atoms with van der Waals surface area (Å²) in [4.78, 5) is 34.9. The minimum atomic E-state index is -1.04. The molecule has 0 fully saturated rings. The molecular weight excluding hydrogens is 412 g/mol. The summed E-state index contributed by atoms with van der Waals surface area (Å²) in [6, 6.07) is -0.696. The van der Waals surface area contributed by atoms with Gasteiger partial charge in [-0.25, -0.2) is 0 Å². The Morgan fingerprint density at radius 1 is 1.00 bits per heavy atom. The van der Waals surface area contributed by atoms with Crippen molar-refractivity contribution in [3.63, 3.8) is 0 Å². The number of aliphatic carboxylic acids is 1. The van der Waals surface area contributed by atoms with Gasteiger partial charge in [-0.2, -0.15) is 11.8 Å². The molecule has 176 valence electrons.